The smallest absolute Gasteiger partial charge is 0.308 e. The first-order valence-electron chi connectivity index (χ1n) is 8.16. The van der Waals surface area contributed by atoms with Crippen LogP contribution in [-0.4, -0.2) is 23.2 Å². The van der Waals surface area contributed by atoms with Crippen LogP contribution in [0.5, 0.6) is 5.75 Å². The number of carbonyl (C=O) groups is 1. The number of nitrogens with zero attached hydrogens (tertiary/aromatic N) is 1. The zero-order chi connectivity index (χ0) is 18.7. The highest BCUT2D eigenvalue weighted by atomic mass is 32.1. The van der Waals surface area contributed by atoms with E-state index in [0.717, 1.165) is 38.7 Å². The van der Waals surface area contributed by atoms with E-state index in [1.54, 1.807) is 7.11 Å². The highest BCUT2D eigenvalue weighted by molar-refractivity contribution is 7.16. The maximum absolute atomic E-state index is 11.3. The number of aromatic nitrogens is 1. The van der Waals surface area contributed by atoms with E-state index in [2.05, 4.69) is 16.4 Å². The molecule has 1 aromatic heterocycles. The number of rotatable bonds is 6. The number of aliphatic carboxylic acids is 1. The van der Waals surface area contributed by atoms with Crippen molar-refractivity contribution in [1.29, 1.82) is 0 Å². The minimum Gasteiger partial charge on any atom is -0.497 e. The van der Waals surface area contributed by atoms with Gasteiger partial charge in [-0.2, -0.15) is 0 Å². The summed E-state index contributed by atoms with van der Waals surface area (Å²) in [4.78, 5) is 16.7. The monoisotopic (exact) mass is 368 g/mol. The zero-order valence-electron chi connectivity index (χ0n) is 14.9. The van der Waals surface area contributed by atoms with Gasteiger partial charge in [0.05, 0.1) is 19.2 Å². The van der Waals surface area contributed by atoms with Gasteiger partial charge in [-0.15, -0.1) is 11.3 Å². The fourth-order valence-corrected chi connectivity index (χ4v) is 3.74. The molecule has 2 aromatic carbocycles. The molecule has 2 N–H and O–H groups in total. The number of thiazole rings is 1. The van der Waals surface area contributed by atoms with Crippen molar-refractivity contribution in [2.45, 2.75) is 20.3 Å². The Balaban J connectivity index is 1.96. The number of methoxy groups -OCH3 is 1. The topological polar surface area (TPSA) is 71.5 Å². The summed E-state index contributed by atoms with van der Waals surface area (Å²) in [7, 11) is 1.62. The van der Waals surface area contributed by atoms with Crippen molar-refractivity contribution in [2.75, 3.05) is 12.4 Å². The molecule has 0 radical (unpaired) electrons. The van der Waals surface area contributed by atoms with Gasteiger partial charge in [-0.3, -0.25) is 4.79 Å². The summed E-state index contributed by atoms with van der Waals surface area (Å²) in [5, 5.41) is 13.2. The summed E-state index contributed by atoms with van der Waals surface area (Å²) in [6, 6.07) is 13.6. The molecule has 3 aromatic rings. The molecule has 0 spiro atoms. The quantitative estimate of drug-likeness (QED) is 0.653. The minimum absolute atomic E-state index is 0.0510. The van der Waals surface area contributed by atoms with E-state index in [4.69, 9.17) is 4.74 Å². The third kappa shape index (κ3) is 4.03. The molecule has 6 heteroatoms. The van der Waals surface area contributed by atoms with E-state index in [1.807, 2.05) is 50.2 Å². The van der Waals surface area contributed by atoms with E-state index in [-0.39, 0.29) is 6.42 Å². The molecule has 0 aliphatic rings. The Labute approximate surface area is 156 Å². The van der Waals surface area contributed by atoms with Gasteiger partial charge in [0.1, 0.15) is 5.75 Å². The molecular weight excluding hydrogens is 348 g/mol. The molecule has 26 heavy (non-hydrogen) atoms. The number of hydrogen-bond donors (Lipinski definition) is 2. The summed E-state index contributed by atoms with van der Waals surface area (Å²) < 4.78 is 5.16. The number of ether oxygens (including phenoxy) is 1. The Morgan fingerprint density at radius 1 is 1.19 bits per heavy atom. The maximum Gasteiger partial charge on any atom is 0.308 e. The third-order valence-electron chi connectivity index (χ3n) is 3.99. The standard InChI is InChI=1S/C20H20N2O3S/c1-12-4-9-16(13(2)10-12)19-17(11-18(23)24)26-20(22-19)21-14-5-7-15(25-3)8-6-14/h4-10H,11H2,1-3H3,(H,21,22)(H,23,24). The fraction of sp³-hybridized carbons (Fsp3) is 0.200. The predicted octanol–water partition coefficient (Wildman–Crippen LogP) is 4.81. The van der Waals surface area contributed by atoms with Gasteiger partial charge in [0.15, 0.2) is 5.13 Å². The Morgan fingerprint density at radius 2 is 1.92 bits per heavy atom. The van der Waals surface area contributed by atoms with E-state index < -0.39 is 5.97 Å². The van der Waals surface area contributed by atoms with Crippen molar-refractivity contribution in [3.05, 3.63) is 58.5 Å². The molecule has 134 valence electrons. The van der Waals surface area contributed by atoms with Crippen LogP contribution >= 0.6 is 11.3 Å². The second-order valence-electron chi connectivity index (χ2n) is 6.03. The van der Waals surface area contributed by atoms with Gasteiger partial charge >= 0.3 is 5.97 Å². The first-order valence-corrected chi connectivity index (χ1v) is 8.98. The van der Waals surface area contributed by atoms with Gasteiger partial charge in [0.2, 0.25) is 0 Å². The van der Waals surface area contributed by atoms with Crippen LogP contribution in [0.4, 0.5) is 10.8 Å². The molecule has 0 saturated heterocycles. The molecule has 0 atom stereocenters. The number of aryl methyl sites for hydroxylation is 2. The van der Waals surface area contributed by atoms with E-state index in [1.165, 1.54) is 11.3 Å². The molecule has 1 heterocycles. The van der Waals surface area contributed by atoms with Crippen LogP contribution in [0, 0.1) is 13.8 Å². The normalized spacial score (nSPS) is 10.6. The van der Waals surface area contributed by atoms with Crippen LogP contribution in [-0.2, 0) is 11.2 Å². The highest BCUT2D eigenvalue weighted by Gasteiger charge is 2.17. The largest absolute Gasteiger partial charge is 0.497 e. The Hall–Kier alpha value is -2.86. The lowest BCUT2D eigenvalue weighted by atomic mass is 10.0. The van der Waals surface area contributed by atoms with Gasteiger partial charge in [-0.05, 0) is 43.7 Å². The highest BCUT2D eigenvalue weighted by Crippen LogP contribution is 2.35. The zero-order valence-corrected chi connectivity index (χ0v) is 15.7. The Bertz CT molecular complexity index is 933. The van der Waals surface area contributed by atoms with Gasteiger partial charge in [0.25, 0.3) is 0 Å². The van der Waals surface area contributed by atoms with Gasteiger partial charge < -0.3 is 15.2 Å². The Kier molecular flexibility index (Phi) is 5.23. The number of carboxylic acid groups (broad SMARTS) is 1. The SMILES string of the molecule is COc1ccc(Nc2nc(-c3ccc(C)cc3C)c(CC(=O)O)s2)cc1. The van der Waals surface area contributed by atoms with Crippen molar-refractivity contribution in [3.63, 3.8) is 0 Å². The van der Waals surface area contributed by atoms with Crippen LogP contribution in [0.15, 0.2) is 42.5 Å². The maximum atomic E-state index is 11.3. The van der Waals surface area contributed by atoms with Crippen molar-refractivity contribution in [2.24, 2.45) is 0 Å². The van der Waals surface area contributed by atoms with E-state index in [0.29, 0.717) is 5.13 Å². The summed E-state index contributed by atoms with van der Waals surface area (Å²) in [6.07, 6.45) is -0.0510. The lowest BCUT2D eigenvalue weighted by Crippen LogP contribution is -2.00. The van der Waals surface area contributed by atoms with Gasteiger partial charge in [-0.1, -0.05) is 23.8 Å². The number of nitrogens with one attached hydrogen (secondary N) is 1. The van der Waals surface area contributed by atoms with Gasteiger partial charge in [0, 0.05) is 16.1 Å². The molecular formula is C20H20N2O3S. The summed E-state index contributed by atoms with van der Waals surface area (Å²) >= 11 is 1.37. The lowest BCUT2D eigenvalue weighted by Gasteiger charge is -2.06. The molecule has 3 rings (SSSR count). The van der Waals surface area contributed by atoms with E-state index in [9.17, 15) is 9.90 Å². The molecule has 0 fully saturated rings. The van der Waals surface area contributed by atoms with Crippen LogP contribution in [0.2, 0.25) is 0 Å². The van der Waals surface area contributed by atoms with Gasteiger partial charge in [-0.25, -0.2) is 4.98 Å². The second-order valence-corrected chi connectivity index (χ2v) is 7.12. The van der Waals surface area contributed by atoms with Crippen LogP contribution < -0.4 is 10.1 Å². The fourth-order valence-electron chi connectivity index (χ4n) is 2.75. The van der Waals surface area contributed by atoms with Crippen LogP contribution in [0.25, 0.3) is 11.3 Å². The number of anilines is 2. The molecule has 0 aliphatic heterocycles. The van der Waals surface area contributed by atoms with E-state index >= 15 is 0 Å². The molecule has 0 amide bonds. The molecule has 5 nitrogen and oxygen atoms in total. The number of carboxylic acids is 1. The van der Waals surface area contributed by atoms with Crippen LogP contribution in [0.3, 0.4) is 0 Å². The van der Waals surface area contributed by atoms with Crippen molar-refractivity contribution in [1.82, 2.24) is 4.98 Å². The molecule has 0 bridgehead atoms. The Morgan fingerprint density at radius 3 is 2.54 bits per heavy atom. The molecule has 0 aliphatic carbocycles. The third-order valence-corrected chi connectivity index (χ3v) is 4.96. The molecule has 0 saturated carbocycles. The number of hydrogen-bond acceptors (Lipinski definition) is 5. The average Bonchev–Trinajstić information content (AvgIpc) is 2.97. The number of benzene rings is 2. The second kappa shape index (κ2) is 7.58. The average molecular weight is 368 g/mol. The van der Waals surface area contributed by atoms with Crippen molar-refractivity contribution < 1.29 is 14.6 Å². The first kappa shape index (κ1) is 17.9. The summed E-state index contributed by atoms with van der Waals surface area (Å²) in [6.45, 7) is 4.05. The lowest BCUT2D eigenvalue weighted by molar-refractivity contribution is -0.136. The molecule has 0 unspecified atom stereocenters. The minimum atomic E-state index is -0.865. The van der Waals surface area contributed by atoms with Crippen molar-refractivity contribution >= 4 is 28.1 Å². The first-order chi connectivity index (χ1) is 12.5. The predicted molar refractivity (Wildman–Crippen MR) is 105 cm³/mol. The van der Waals surface area contributed by atoms with Crippen molar-refractivity contribution in [3.8, 4) is 17.0 Å². The summed E-state index contributed by atoms with van der Waals surface area (Å²) in [5.41, 5.74) is 4.81. The summed E-state index contributed by atoms with van der Waals surface area (Å²) in [5.74, 6) is -0.0899. The van der Waals surface area contributed by atoms with Crippen LogP contribution in [0.1, 0.15) is 16.0 Å².